The normalized spacial score (nSPS) is 25.9. The van der Waals surface area contributed by atoms with Crippen molar-refractivity contribution < 1.29 is 9.84 Å². The highest BCUT2D eigenvalue weighted by molar-refractivity contribution is 5.67. The number of aromatic nitrogens is 1. The third-order valence-electron chi connectivity index (χ3n) is 3.93. The molecule has 0 amide bonds. The van der Waals surface area contributed by atoms with E-state index >= 15 is 0 Å². The molecule has 0 radical (unpaired) electrons. The van der Waals surface area contributed by atoms with Crippen molar-refractivity contribution in [3.8, 4) is 0 Å². The van der Waals surface area contributed by atoms with E-state index in [1.165, 1.54) is 16.7 Å². The number of rotatable bonds is 3. The van der Waals surface area contributed by atoms with Gasteiger partial charge in [-0.05, 0) is 35.6 Å². The van der Waals surface area contributed by atoms with Crippen LogP contribution in [-0.2, 0) is 4.74 Å². The zero-order valence-corrected chi connectivity index (χ0v) is 12.2. The molecule has 1 N–H and O–H groups in total. The van der Waals surface area contributed by atoms with Crippen LogP contribution in [0.1, 0.15) is 18.1 Å². The molecule has 2 aliphatic heterocycles. The van der Waals surface area contributed by atoms with Crippen LogP contribution < -0.4 is 0 Å². The topological polar surface area (TPSA) is 45.6 Å². The molecule has 1 fully saturated rings. The number of aryl methyl sites for hydroxylation is 1. The van der Waals surface area contributed by atoms with Crippen LogP contribution in [0.15, 0.2) is 24.5 Å². The highest BCUT2D eigenvalue weighted by atomic mass is 16.5. The summed E-state index contributed by atoms with van der Waals surface area (Å²) in [7, 11) is 0. The molecule has 0 bridgehead atoms. The number of hydrogen-bond acceptors (Lipinski definition) is 4. The summed E-state index contributed by atoms with van der Waals surface area (Å²) in [4.78, 5) is 6.61. The van der Waals surface area contributed by atoms with Crippen molar-refractivity contribution in [1.29, 1.82) is 0 Å². The van der Waals surface area contributed by atoms with E-state index in [1.807, 2.05) is 12.4 Å². The summed E-state index contributed by atoms with van der Waals surface area (Å²) in [6.45, 7) is 7.76. The molecule has 3 rings (SSSR count). The number of pyridine rings is 1. The first kappa shape index (κ1) is 13.7. The molecular weight excluding hydrogens is 252 g/mol. The van der Waals surface area contributed by atoms with E-state index in [9.17, 15) is 5.11 Å². The maximum atomic E-state index is 10.3. The molecule has 0 aliphatic carbocycles. The fourth-order valence-electron chi connectivity index (χ4n) is 3.05. The molecule has 3 heterocycles. The van der Waals surface area contributed by atoms with Crippen LogP contribution >= 0.6 is 0 Å². The molecule has 2 aliphatic rings. The summed E-state index contributed by atoms with van der Waals surface area (Å²) in [6, 6.07) is 2.18. The second kappa shape index (κ2) is 5.28. The van der Waals surface area contributed by atoms with Crippen molar-refractivity contribution in [2.75, 3.05) is 32.8 Å². The summed E-state index contributed by atoms with van der Waals surface area (Å²) in [5.41, 5.74) is 3.04. The van der Waals surface area contributed by atoms with Gasteiger partial charge in [0.05, 0.1) is 13.2 Å². The van der Waals surface area contributed by atoms with Gasteiger partial charge in [0.1, 0.15) is 5.60 Å². The van der Waals surface area contributed by atoms with E-state index in [4.69, 9.17) is 4.74 Å². The summed E-state index contributed by atoms with van der Waals surface area (Å²) >= 11 is 0. The number of ether oxygens (including phenoxy) is 1. The van der Waals surface area contributed by atoms with Crippen molar-refractivity contribution in [2.45, 2.75) is 19.4 Å². The Morgan fingerprint density at radius 1 is 1.45 bits per heavy atom. The van der Waals surface area contributed by atoms with Crippen LogP contribution in [0.5, 0.6) is 0 Å². The van der Waals surface area contributed by atoms with Crippen molar-refractivity contribution in [3.63, 3.8) is 0 Å². The molecule has 4 nitrogen and oxygen atoms in total. The molecule has 1 atom stereocenters. The minimum atomic E-state index is -0.646. The SMILES string of the molecule is Cc1cncc(C2=CC(C)CN(CC3(O)COC3)C2)c1. The Labute approximate surface area is 120 Å². The maximum Gasteiger partial charge on any atom is 0.124 e. The van der Waals surface area contributed by atoms with Crippen LogP contribution in [0.2, 0.25) is 0 Å². The Hall–Kier alpha value is -1.23. The van der Waals surface area contributed by atoms with Crippen LogP contribution in [-0.4, -0.2) is 53.4 Å². The van der Waals surface area contributed by atoms with E-state index in [0.717, 1.165) is 13.1 Å². The number of β-amino-alcohol motifs (C(OH)–C–C–N with tert-alkyl or cyclic N) is 1. The van der Waals surface area contributed by atoms with E-state index in [-0.39, 0.29) is 0 Å². The van der Waals surface area contributed by atoms with Crippen molar-refractivity contribution in [2.24, 2.45) is 5.92 Å². The Bertz CT molecular complexity index is 523. The van der Waals surface area contributed by atoms with Gasteiger partial charge in [-0.25, -0.2) is 0 Å². The lowest BCUT2D eigenvalue weighted by Gasteiger charge is -2.42. The smallest absolute Gasteiger partial charge is 0.124 e. The average Bonchev–Trinajstić information content (AvgIpc) is 2.36. The van der Waals surface area contributed by atoms with Crippen molar-refractivity contribution in [3.05, 3.63) is 35.7 Å². The zero-order valence-electron chi connectivity index (χ0n) is 12.2. The van der Waals surface area contributed by atoms with Crippen LogP contribution in [0, 0.1) is 12.8 Å². The molecule has 0 saturated carbocycles. The van der Waals surface area contributed by atoms with Crippen molar-refractivity contribution >= 4 is 5.57 Å². The van der Waals surface area contributed by atoms with E-state index in [0.29, 0.717) is 25.7 Å². The summed E-state index contributed by atoms with van der Waals surface area (Å²) in [6.07, 6.45) is 6.13. The molecular formula is C16H22N2O2. The van der Waals surface area contributed by atoms with Gasteiger partial charge in [-0.2, -0.15) is 0 Å². The molecule has 0 aromatic carbocycles. The minimum absolute atomic E-state index is 0.461. The van der Waals surface area contributed by atoms with Crippen molar-refractivity contribution in [1.82, 2.24) is 9.88 Å². The van der Waals surface area contributed by atoms with Gasteiger partial charge in [-0.15, -0.1) is 0 Å². The van der Waals surface area contributed by atoms with Crippen LogP contribution in [0.4, 0.5) is 0 Å². The average molecular weight is 274 g/mol. The standard InChI is InChI=1S/C16H22N2O2/c1-12-3-14(6-17-5-12)15-4-13(2)7-18(8-15)9-16(19)10-20-11-16/h3-6,13,19H,7-11H2,1-2H3. The lowest BCUT2D eigenvalue weighted by atomic mass is 9.94. The van der Waals surface area contributed by atoms with Gasteiger partial charge in [-0.1, -0.05) is 13.0 Å². The Kier molecular flexibility index (Phi) is 3.63. The molecule has 1 saturated heterocycles. The monoisotopic (exact) mass is 274 g/mol. The highest BCUT2D eigenvalue weighted by Gasteiger charge is 2.38. The summed E-state index contributed by atoms with van der Waals surface area (Å²) < 4.78 is 5.13. The second-order valence-corrected chi connectivity index (χ2v) is 6.31. The molecule has 0 spiro atoms. The Morgan fingerprint density at radius 3 is 2.90 bits per heavy atom. The molecule has 1 unspecified atom stereocenters. The summed E-state index contributed by atoms with van der Waals surface area (Å²) in [5.74, 6) is 0.490. The molecule has 4 heteroatoms. The fraction of sp³-hybridized carbons (Fsp3) is 0.562. The van der Waals surface area contributed by atoms with Crippen LogP contribution in [0.25, 0.3) is 5.57 Å². The molecule has 1 aromatic rings. The quantitative estimate of drug-likeness (QED) is 0.907. The van der Waals surface area contributed by atoms with E-state index < -0.39 is 5.60 Å². The van der Waals surface area contributed by atoms with Gasteiger partial charge >= 0.3 is 0 Å². The first-order chi connectivity index (χ1) is 9.54. The predicted molar refractivity (Wildman–Crippen MR) is 78.3 cm³/mol. The first-order valence-electron chi connectivity index (χ1n) is 7.19. The highest BCUT2D eigenvalue weighted by Crippen LogP contribution is 2.26. The number of nitrogens with zero attached hydrogens (tertiary/aromatic N) is 2. The zero-order chi connectivity index (χ0) is 14.2. The minimum Gasteiger partial charge on any atom is -0.384 e. The number of aliphatic hydroxyl groups is 1. The maximum absolute atomic E-state index is 10.3. The molecule has 1 aromatic heterocycles. The fourth-order valence-corrected chi connectivity index (χ4v) is 3.05. The third-order valence-corrected chi connectivity index (χ3v) is 3.93. The lowest BCUT2D eigenvalue weighted by molar-refractivity contribution is -0.186. The largest absolute Gasteiger partial charge is 0.384 e. The van der Waals surface area contributed by atoms with Gasteiger partial charge in [0.15, 0.2) is 0 Å². The van der Waals surface area contributed by atoms with Gasteiger partial charge in [0, 0.05) is 32.0 Å². The van der Waals surface area contributed by atoms with Gasteiger partial charge < -0.3 is 9.84 Å². The van der Waals surface area contributed by atoms with Gasteiger partial charge in [0.2, 0.25) is 0 Å². The number of hydrogen-bond donors (Lipinski definition) is 1. The Morgan fingerprint density at radius 2 is 2.25 bits per heavy atom. The van der Waals surface area contributed by atoms with Gasteiger partial charge in [-0.3, -0.25) is 9.88 Å². The predicted octanol–water partition coefficient (Wildman–Crippen LogP) is 1.49. The Balaban J connectivity index is 1.75. The third kappa shape index (κ3) is 2.92. The van der Waals surface area contributed by atoms with Gasteiger partial charge in [0.25, 0.3) is 0 Å². The molecule has 108 valence electrons. The first-order valence-corrected chi connectivity index (χ1v) is 7.19. The summed E-state index contributed by atoms with van der Waals surface area (Å²) in [5, 5.41) is 10.3. The lowest BCUT2D eigenvalue weighted by Crippen LogP contribution is -2.58. The van der Waals surface area contributed by atoms with E-state index in [2.05, 4.69) is 35.9 Å². The second-order valence-electron chi connectivity index (χ2n) is 6.31. The molecule has 20 heavy (non-hydrogen) atoms. The van der Waals surface area contributed by atoms with E-state index in [1.54, 1.807) is 0 Å². The van der Waals surface area contributed by atoms with Crippen LogP contribution in [0.3, 0.4) is 0 Å².